The van der Waals surface area contributed by atoms with Crippen molar-refractivity contribution >= 4 is 9.28 Å². The lowest BCUT2D eigenvalue weighted by molar-refractivity contribution is 0.324. The summed E-state index contributed by atoms with van der Waals surface area (Å²) in [7, 11) is -0.190. The van der Waals surface area contributed by atoms with E-state index in [0.717, 1.165) is 25.6 Å². The molecule has 0 aromatic carbocycles. The molecule has 0 aliphatic heterocycles. The molecular weight excluding hydrogens is 146 g/mol. The lowest BCUT2D eigenvalue weighted by Gasteiger charge is -2.04. The van der Waals surface area contributed by atoms with Crippen molar-refractivity contribution in [3.8, 4) is 0 Å². The number of rotatable bonds is 6. The minimum Gasteiger partial charge on any atom is -0.413 e. The summed E-state index contributed by atoms with van der Waals surface area (Å²) in [6.45, 7) is 4.07. The van der Waals surface area contributed by atoms with E-state index in [4.69, 9.17) is 9.22 Å². The maximum Gasteiger partial charge on any atom is 0.318 e. The molecule has 10 heavy (non-hydrogen) atoms. The summed E-state index contributed by atoms with van der Waals surface area (Å²) in [6, 6.07) is 0.851. The first-order chi connectivity index (χ1) is 4.81. The van der Waals surface area contributed by atoms with Crippen LogP contribution in [-0.4, -0.2) is 34.3 Å². The summed E-state index contributed by atoms with van der Waals surface area (Å²) in [6.07, 6.45) is 1.02. The second-order valence-electron chi connectivity index (χ2n) is 2.19. The van der Waals surface area contributed by atoms with E-state index in [2.05, 4.69) is 12.2 Å². The molecule has 0 radical (unpaired) electrons. The Kier molecular flexibility index (Phi) is 7.28. The zero-order valence-corrected chi connectivity index (χ0v) is 7.92. The molecule has 1 unspecified atom stereocenters. The third kappa shape index (κ3) is 6.22. The van der Waals surface area contributed by atoms with Crippen LogP contribution in [0.15, 0.2) is 0 Å². The molecule has 0 bridgehead atoms. The van der Waals surface area contributed by atoms with Gasteiger partial charge in [0.2, 0.25) is 0 Å². The fourth-order valence-corrected chi connectivity index (χ4v) is 1.49. The largest absolute Gasteiger partial charge is 0.413 e. The average molecular weight is 163 g/mol. The molecule has 0 fully saturated rings. The van der Waals surface area contributed by atoms with Gasteiger partial charge < -0.3 is 14.5 Å². The Balaban J connectivity index is 2.89. The van der Waals surface area contributed by atoms with Gasteiger partial charge in [0, 0.05) is 7.11 Å². The van der Waals surface area contributed by atoms with E-state index in [0.29, 0.717) is 0 Å². The van der Waals surface area contributed by atoms with Gasteiger partial charge in [0.15, 0.2) is 0 Å². The summed E-state index contributed by atoms with van der Waals surface area (Å²) >= 11 is 0. The van der Waals surface area contributed by atoms with Crippen LogP contribution in [0.1, 0.15) is 13.3 Å². The summed E-state index contributed by atoms with van der Waals surface area (Å²) in [5, 5.41) is 3.18. The van der Waals surface area contributed by atoms with Crippen LogP contribution >= 0.6 is 0 Å². The van der Waals surface area contributed by atoms with E-state index in [1.807, 2.05) is 0 Å². The third-order valence-electron chi connectivity index (χ3n) is 1.33. The van der Waals surface area contributed by atoms with Gasteiger partial charge in [-0.25, -0.2) is 0 Å². The topological polar surface area (TPSA) is 41.5 Å². The fourth-order valence-electron chi connectivity index (χ4n) is 0.696. The molecule has 0 amide bonds. The van der Waals surface area contributed by atoms with Crippen molar-refractivity contribution in [2.24, 2.45) is 0 Å². The van der Waals surface area contributed by atoms with Gasteiger partial charge in [0.05, 0.1) is 0 Å². The SMILES string of the molecule is CCNCCC[SiH](O)OC. The minimum absolute atomic E-state index is 0.851. The summed E-state index contributed by atoms with van der Waals surface area (Å²) in [4.78, 5) is 9.05. The van der Waals surface area contributed by atoms with Crippen LogP contribution in [0.2, 0.25) is 6.04 Å². The first kappa shape index (κ1) is 10.1. The van der Waals surface area contributed by atoms with E-state index in [-0.39, 0.29) is 0 Å². The highest BCUT2D eigenvalue weighted by Crippen LogP contribution is 1.92. The molecule has 0 saturated heterocycles. The predicted molar refractivity (Wildman–Crippen MR) is 44.3 cm³/mol. The Bertz CT molecular complexity index is 72.8. The van der Waals surface area contributed by atoms with Gasteiger partial charge in [-0.2, -0.15) is 0 Å². The molecule has 0 aromatic rings. The Morgan fingerprint density at radius 3 is 2.80 bits per heavy atom. The van der Waals surface area contributed by atoms with Gasteiger partial charge in [-0.05, 0) is 25.6 Å². The first-order valence-electron chi connectivity index (χ1n) is 3.72. The van der Waals surface area contributed by atoms with Crippen LogP contribution in [0.3, 0.4) is 0 Å². The molecule has 0 aromatic heterocycles. The minimum atomic E-state index is -1.76. The van der Waals surface area contributed by atoms with Crippen molar-refractivity contribution in [1.82, 2.24) is 5.32 Å². The Morgan fingerprint density at radius 2 is 2.30 bits per heavy atom. The maximum absolute atomic E-state index is 9.05. The van der Waals surface area contributed by atoms with Crippen LogP contribution in [0.5, 0.6) is 0 Å². The fraction of sp³-hybridized carbons (Fsp3) is 1.00. The quantitative estimate of drug-likeness (QED) is 0.422. The molecule has 2 N–H and O–H groups in total. The Labute approximate surface area is 64.2 Å². The second-order valence-corrected chi connectivity index (χ2v) is 4.14. The van der Waals surface area contributed by atoms with Gasteiger partial charge in [-0.15, -0.1) is 0 Å². The zero-order chi connectivity index (χ0) is 7.82. The van der Waals surface area contributed by atoms with Crippen LogP contribution < -0.4 is 5.32 Å². The molecule has 0 aliphatic carbocycles. The van der Waals surface area contributed by atoms with E-state index in [1.165, 1.54) is 0 Å². The lowest BCUT2D eigenvalue weighted by Crippen LogP contribution is -2.19. The van der Waals surface area contributed by atoms with Crippen molar-refractivity contribution in [1.29, 1.82) is 0 Å². The van der Waals surface area contributed by atoms with Crippen molar-refractivity contribution in [2.75, 3.05) is 20.2 Å². The molecule has 1 atom stereocenters. The summed E-state index contributed by atoms with van der Waals surface area (Å²) < 4.78 is 4.80. The molecule has 3 nitrogen and oxygen atoms in total. The molecule has 0 rings (SSSR count). The Hall–Kier alpha value is 0.0969. The van der Waals surface area contributed by atoms with Crippen LogP contribution in [0.25, 0.3) is 0 Å². The summed E-state index contributed by atoms with van der Waals surface area (Å²) in [5.41, 5.74) is 0. The predicted octanol–water partition coefficient (Wildman–Crippen LogP) is -0.155. The van der Waals surface area contributed by atoms with E-state index < -0.39 is 9.28 Å². The van der Waals surface area contributed by atoms with E-state index >= 15 is 0 Å². The highest BCUT2D eigenvalue weighted by molar-refractivity contribution is 6.42. The molecular formula is C6H17NO2Si. The van der Waals surface area contributed by atoms with Crippen LogP contribution in [0, 0.1) is 0 Å². The van der Waals surface area contributed by atoms with Gasteiger partial charge in [0.1, 0.15) is 0 Å². The third-order valence-corrected chi connectivity index (χ3v) is 2.77. The van der Waals surface area contributed by atoms with Crippen molar-refractivity contribution in [3.63, 3.8) is 0 Å². The number of nitrogens with one attached hydrogen (secondary N) is 1. The van der Waals surface area contributed by atoms with Crippen molar-refractivity contribution < 1.29 is 9.22 Å². The van der Waals surface area contributed by atoms with Crippen LogP contribution in [0.4, 0.5) is 0 Å². The molecule has 0 heterocycles. The maximum atomic E-state index is 9.05. The van der Waals surface area contributed by atoms with Gasteiger partial charge in [-0.3, -0.25) is 0 Å². The molecule has 0 spiro atoms. The molecule has 62 valence electrons. The van der Waals surface area contributed by atoms with Gasteiger partial charge in [-0.1, -0.05) is 6.92 Å². The molecule has 0 saturated carbocycles. The summed E-state index contributed by atoms with van der Waals surface area (Å²) in [5.74, 6) is 0. The van der Waals surface area contributed by atoms with Crippen molar-refractivity contribution in [2.45, 2.75) is 19.4 Å². The van der Waals surface area contributed by atoms with Crippen molar-refractivity contribution in [3.05, 3.63) is 0 Å². The zero-order valence-electron chi connectivity index (χ0n) is 6.76. The average Bonchev–Trinajstić information content (AvgIpc) is 1.98. The highest BCUT2D eigenvalue weighted by Gasteiger charge is 2.02. The monoisotopic (exact) mass is 163 g/mol. The lowest BCUT2D eigenvalue weighted by atomic mass is 10.5. The number of hydrogen-bond acceptors (Lipinski definition) is 3. The molecule has 4 heteroatoms. The second kappa shape index (κ2) is 7.21. The number of hydrogen-bond donors (Lipinski definition) is 2. The van der Waals surface area contributed by atoms with Crippen LogP contribution in [-0.2, 0) is 4.43 Å². The van der Waals surface area contributed by atoms with Gasteiger partial charge in [0.25, 0.3) is 0 Å². The van der Waals surface area contributed by atoms with E-state index in [9.17, 15) is 0 Å². The normalized spacial score (nSPS) is 13.5. The van der Waals surface area contributed by atoms with Gasteiger partial charge >= 0.3 is 9.28 Å². The molecule has 0 aliphatic rings. The van der Waals surface area contributed by atoms with E-state index in [1.54, 1.807) is 7.11 Å². The smallest absolute Gasteiger partial charge is 0.318 e. The standard InChI is InChI=1S/C6H17NO2Si/c1-3-7-5-4-6-10(8)9-2/h7-8,10H,3-6H2,1-2H3. The first-order valence-corrected chi connectivity index (χ1v) is 5.53. The Morgan fingerprint density at radius 1 is 1.60 bits per heavy atom. The highest BCUT2D eigenvalue weighted by atomic mass is 28.3.